The highest BCUT2D eigenvalue weighted by Gasteiger charge is 2.13. The van der Waals surface area contributed by atoms with Crippen LogP contribution in [0.4, 0.5) is 0 Å². The van der Waals surface area contributed by atoms with Gasteiger partial charge in [-0.2, -0.15) is 5.10 Å². The van der Waals surface area contributed by atoms with E-state index in [1.165, 1.54) is 0 Å². The highest BCUT2D eigenvalue weighted by atomic mass is 35.5. The monoisotopic (exact) mass is 313 g/mol. The summed E-state index contributed by atoms with van der Waals surface area (Å²) in [7, 11) is -3.47. The lowest BCUT2D eigenvalue weighted by atomic mass is 10.4. The third-order valence-electron chi connectivity index (χ3n) is 2.96. The van der Waals surface area contributed by atoms with Crippen molar-refractivity contribution in [1.82, 2.24) is 14.5 Å². The highest BCUT2D eigenvalue weighted by molar-refractivity contribution is 7.89. The van der Waals surface area contributed by atoms with Gasteiger partial charge in [0.2, 0.25) is 10.0 Å². The summed E-state index contributed by atoms with van der Waals surface area (Å²) in [5, 5.41) is 4.87. The lowest BCUT2D eigenvalue weighted by Gasteiger charge is -2.08. The minimum absolute atomic E-state index is 0.256. The Morgan fingerprint density at radius 1 is 1.25 bits per heavy atom. The predicted molar refractivity (Wildman–Crippen MR) is 78.3 cm³/mol. The minimum atomic E-state index is -3.47. The standard InChI is InChI=1S/C13H16ClN3O2S/c1-10-13(14)11(2)17(16-10)9-8-15-20(18,19)12-6-4-3-5-7-12/h3-7,15H,8-9H2,1-2H3. The zero-order valence-corrected chi connectivity index (χ0v) is 12.9. The van der Waals surface area contributed by atoms with E-state index < -0.39 is 10.0 Å². The molecule has 5 nitrogen and oxygen atoms in total. The first kappa shape index (κ1) is 15.0. The summed E-state index contributed by atoms with van der Waals surface area (Å²) in [6, 6.07) is 8.27. The van der Waals surface area contributed by atoms with Crippen molar-refractivity contribution in [3.63, 3.8) is 0 Å². The second-order valence-electron chi connectivity index (χ2n) is 4.42. The molecule has 7 heteroatoms. The third-order valence-corrected chi connectivity index (χ3v) is 4.99. The molecule has 2 rings (SSSR count). The summed E-state index contributed by atoms with van der Waals surface area (Å²) in [5.41, 5.74) is 1.58. The maximum absolute atomic E-state index is 12.0. The molecule has 0 amide bonds. The van der Waals surface area contributed by atoms with E-state index in [1.807, 2.05) is 13.8 Å². The molecule has 2 aromatic rings. The van der Waals surface area contributed by atoms with Gasteiger partial charge in [-0.05, 0) is 26.0 Å². The Bertz CT molecular complexity index is 696. The van der Waals surface area contributed by atoms with Crippen LogP contribution in [0.2, 0.25) is 5.02 Å². The van der Waals surface area contributed by atoms with Gasteiger partial charge < -0.3 is 0 Å². The molecule has 108 valence electrons. The fraction of sp³-hybridized carbons (Fsp3) is 0.308. The number of nitrogens with one attached hydrogen (secondary N) is 1. The Hall–Kier alpha value is -1.37. The molecule has 20 heavy (non-hydrogen) atoms. The lowest BCUT2D eigenvalue weighted by molar-refractivity contribution is 0.554. The van der Waals surface area contributed by atoms with Crippen molar-refractivity contribution in [2.45, 2.75) is 25.3 Å². The number of rotatable bonds is 5. The first-order chi connectivity index (χ1) is 9.42. The molecular weight excluding hydrogens is 298 g/mol. The van der Waals surface area contributed by atoms with Crippen LogP contribution in [0, 0.1) is 13.8 Å². The zero-order valence-electron chi connectivity index (χ0n) is 11.3. The topological polar surface area (TPSA) is 64.0 Å². The maximum atomic E-state index is 12.0. The molecule has 0 fully saturated rings. The van der Waals surface area contributed by atoms with Crippen LogP contribution < -0.4 is 4.72 Å². The van der Waals surface area contributed by atoms with Gasteiger partial charge in [-0.3, -0.25) is 4.68 Å². The van der Waals surface area contributed by atoms with Crippen molar-refractivity contribution in [2.24, 2.45) is 0 Å². The van der Waals surface area contributed by atoms with E-state index in [0.29, 0.717) is 11.6 Å². The van der Waals surface area contributed by atoms with E-state index >= 15 is 0 Å². The van der Waals surface area contributed by atoms with E-state index in [0.717, 1.165) is 11.4 Å². The molecule has 0 unspecified atom stereocenters. The average Bonchev–Trinajstić information content (AvgIpc) is 2.67. The minimum Gasteiger partial charge on any atom is -0.267 e. The number of aryl methyl sites for hydroxylation is 1. The molecule has 0 aliphatic rings. The fourth-order valence-electron chi connectivity index (χ4n) is 1.86. The van der Waals surface area contributed by atoms with Gasteiger partial charge in [0.25, 0.3) is 0 Å². The number of aromatic nitrogens is 2. The quantitative estimate of drug-likeness (QED) is 0.919. The van der Waals surface area contributed by atoms with Crippen LogP contribution in [-0.4, -0.2) is 24.7 Å². The van der Waals surface area contributed by atoms with Crippen LogP contribution >= 0.6 is 11.6 Å². The molecule has 0 aliphatic carbocycles. The Balaban J connectivity index is 2.01. The summed E-state index contributed by atoms with van der Waals surface area (Å²) in [4.78, 5) is 0.256. The number of benzene rings is 1. The summed E-state index contributed by atoms with van der Waals surface area (Å²) >= 11 is 6.04. The first-order valence-electron chi connectivity index (χ1n) is 6.16. The molecule has 1 aromatic heterocycles. The number of sulfonamides is 1. The summed E-state index contributed by atoms with van der Waals surface area (Å²) in [5.74, 6) is 0. The van der Waals surface area contributed by atoms with Crippen molar-refractivity contribution in [3.05, 3.63) is 46.7 Å². The fourth-order valence-corrected chi connectivity index (χ4v) is 3.04. The lowest BCUT2D eigenvalue weighted by Crippen LogP contribution is -2.28. The third kappa shape index (κ3) is 3.20. The van der Waals surface area contributed by atoms with Gasteiger partial charge in [0, 0.05) is 6.54 Å². The largest absolute Gasteiger partial charge is 0.267 e. The van der Waals surface area contributed by atoms with Gasteiger partial charge in [-0.25, -0.2) is 13.1 Å². The summed E-state index contributed by atoms with van der Waals surface area (Å²) < 4.78 is 28.3. The van der Waals surface area contributed by atoms with Gasteiger partial charge >= 0.3 is 0 Å². The maximum Gasteiger partial charge on any atom is 0.240 e. The number of nitrogens with zero attached hydrogens (tertiary/aromatic N) is 2. The number of halogens is 1. The normalized spacial score (nSPS) is 11.8. The first-order valence-corrected chi connectivity index (χ1v) is 8.02. The molecule has 0 saturated carbocycles. The van der Waals surface area contributed by atoms with Crippen LogP contribution in [0.1, 0.15) is 11.4 Å². The molecule has 0 aliphatic heterocycles. The average molecular weight is 314 g/mol. The summed E-state index contributed by atoms with van der Waals surface area (Å²) in [6.07, 6.45) is 0. The van der Waals surface area contributed by atoms with Crippen molar-refractivity contribution >= 4 is 21.6 Å². The van der Waals surface area contributed by atoms with E-state index in [2.05, 4.69) is 9.82 Å². The molecular formula is C13H16ClN3O2S. The highest BCUT2D eigenvalue weighted by Crippen LogP contribution is 2.18. The second-order valence-corrected chi connectivity index (χ2v) is 6.56. The second kappa shape index (κ2) is 5.95. The Kier molecular flexibility index (Phi) is 4.47. The predicted octanol–water partition coefficient (Wildman–Crippen LogP) is 2.13. The molecule has 0 bridgehead atoms. The van der Waals surface area contributed by atoms with Gasteiger partial charge in [-0.15, -0.1) is 0 Å². The molecule has 1 heterocycles. The van der Waals surface area contributed by atoms with Crippen LogP contribution in [-0.2, 0) is 16.6 Å². The smallest absolute Gasteiger partial charge is 0.240 e. The van der Waals surface area contributed by atoms with Crippen molar-refractivity contribution in [1.29, 1.82) is 0 Å². The van der Waals surface area contributed by atoms with E-state index in [4.69, 9.17) is 11.6 Å². The van der Waals surface area contributed by atoms with Gasteiger partial charge in [0.1, 0.15) is 0 Å². The van der Waals surface area contributed by atoms with Crippen molar-refractivity contribution in [3.8, 4) is 0 Å². The van der Waals surface area contributed by atoms with Gasteiger partial charge in [-0.1, -0.05) is 29.8 Å². The van der Waals surface area contributed by atoms with Crippen molar-refractivity contribution in [2.75, 3.05) is 6.54 Å². The molecule has 1 aromatic carbocycles. The molecule has 0 spiro atoms. The van der Waals surface area contributed by atoms with E-state index in [1.54, 1.807) is 35.0 Å². The summed E-state index contributed by atoms with van der Waals surface area (Å²) in [6.45, 7) is 4.37. The zero-order chi connectivity index (χ0) is 14.8. The van der Waals surface area contributed by atoms with Crippen molar-refractivity contribution < 1.29 is 8.42 Å². The van der Waals surface area contributed by atoms with E-state index in [-0.39, 0.29) is 11.4 Å². The number of hydrogen-bond acceptors (Lipinski definition) is 3. The van der Waals surface area contributed by atoms with Gasteiger partial charge in [0.15, 0.2) is 0 Å². The molecule has 0 atom stereocenters. The van der Waals surface area contributed by atoms with Crippen LogP contribution in [0.25, 0.3) is 0 Å². The van der Waals surface area contributed by atoms with Crippen LogP contribution in [0.3, 0.4) is 0 Å². The molecule has 0 radical (unpaired) electrons. The number of hydrogen-bond donors (Lipinski definition) is 1. The van der Waals surface area contributed by atoms with E-state index in [9.17, 15) is 8.42 Å². The van der Waals surface area contributed by atoms with Crippen LogP contribution in [0.15, 0.2) is 35.2 Å². The Labute approximate surface area is 123 Å². The SMILES string of the molecule is Cc1nn(CCNS(=O)(=O)c2ccccc2)c(C)c1Cl. The van der Waals surface area contributed by atoms with Gasteiger partial charge in [0.05, 0.1) is 27.9 Å². The Morgan fingerprint density at radius 3 is 2.45 bits per heavy atom. The molecule has 0 saturated heterocycles. The molecule has 1 N–H and O–H groups in total. The Morgan fingerprint density at radius 2 is 1.90 bits per heavy atom. The van der Waals surface area contributed by atoms with Crippen LogP contribution in [0.5, 0.6) is 0 Å².